The fourth-order valence-electron chi connectivity index (χ4n) is 1.39. The first-order valence-corrected chi connectivity index (χ1v) is 9.04. The normalized spacial score (nSPS) is 11.4. The van der Waals surface area contributed by atoms with Gasteiger partial charge in [-0.1, -0.05) is 15.9 Å². The van der Waals surface area contributed by atoms with Crippen LogP contribution in [0.1, 0.15) is 0 Å². The largest absolute Gasteiger partial charge is 0.453 e. The van der Waals surface area contributed by atoms with E-state index in [0.717, 1.165) is 0 Å². The number of hydrogen-bond donors (Lipinski definition) is 0. The molecule has 106 valence electrons. The molecule has 3 nitrogen and oxygen atoms in total. The summed E-state index contributed by atoms with van der Waals surface area (Å²) in [5.74, 6) is -0.248. The minimum Gasteiger partial charge on any atom is -0.453 e. The van der Waals surface area contributed by atoms with Gasteiger partial charge in [-0.2, -0.15) is 0 Å². The third-order valence-electron chi connectivity index (χ3n) is 2.30. The molecule has 0 amide bonds. The Bertz CT molecular complexity index is 765. The summed E-state index contributed by atoms with van der Waals surface area (Å²) in [6, 6.07) is 8.21. The van der Waals surface area contributed by atoms with Crippen molar-refractivity contribution in [3.05, 3.63) is 51.2 Å². The van der Waals surface area contributed by atoms with E-state index in [4.69, 9.17) is 15.4 Å². The van der Waals surface area contributed by atoms with Crippen LogP contribution in [0.2, 0.25) is 0 Å². The Hall–Kier alpha value is -0.630. The Kier molecular flexibility index (Phi) is 4.73. The van der Waals surface area contributed by atoms with Gasteiger partial charge in [0.1, 0.15) is 5.75 Å². The molecule has 0 fully saturated rings. The standard InChI is InChI=1S/C12H6Br2ClFO3S/c13-7-1-3-10(16)12(5-7)19-11-4-2-8(6-9(11)14)20(15,17)18/h1-6H. The van der Waals surface area contributed by atoms with E-state index < -0.39 is 14.9 Å². The zero-order valence-electron chi connectivity index (χ0n) is 9.61. The summed E-state index contributed by atoms with van der Waals surface area (Å²) in [6.45, 7) is 0. The molecule has 8 heteroatoms. The molecule has 0 atom stereocenters. The van der Waals surface area contributed by atoms with Crippen LogP contribution < -0.4 is 4.74 Å². The Morgan fingerprint density at radius 1 is 1.05 bits per heavy atom. The van der Waals surface area contributed by atoms with Crippen molar-refractivity contribution in [3.8, 4) is 11.5 Å². The van der Waals surface area contributed by atoms with E-state index in [1.165, 1.54) is 30.3 Å². The first kappa shape index (κ1) is 15.8. The van der Waals surface area contributed by atoms with Gasteiger partial charge in [0, 0.05) is 15.2 Å². The molecule has 0 saturated carbocycles. The van der Waals surface area contributed by atoms with Gasteiger partial charge in [0.25, 0.3) is 9.05 Å². The van der Waals surface area contributed by atoms with Crippen molar-refractivity contribution >= 4 is 51.6 Å². The molecular formula is C12H6Br2ClFO3S. The summed E-state index contributed by atoms with van der Waals surface area (Å²) < 4.78 is 42.4. The SMILES string of the molecule is O=S(=O)(Cl)c1ccc(Oc2cc(Br)ccc2F)c(Br)c1. The van der Waals surface area contributed by atoms with Crippen LogP contribution >= 0.6 is 42.5 Å². The number of benzene rings is 2. The lowest BCUT2D eigenvalue weighted by molar-refractivity contribution is 0.439. The van der Waals surface area contributed by atoms with Crippen molar-refractivity contribution in [1.29, 1.82) is 0 Å². The highest BCUT2D eigenvalue weighted by Crippen LogP contribution is 2.34. The molecule has 0 radical (unpaired) electrons. The van der Waals surface area contributed by atoms with Crippen LogP contribution in [0.3, 0.4) is 0 Å². The summed E-state index contributed by atoms with van der Waals surface area (Å²) in [7, 11) is 1.41. The number of halogens is 4. The van der Waals surface area contributed by atoms with Gasteiger partial charge in [0.05, 0.1) is 9.37 Å². The average molecular weight is 445 g/mol. The molecule has 0 unspecified atom stereocenters. The van der Waals surface area contributed by atoms with E-state index in [1.807, 2.05) is 0 Å². The molecule has 0 heterocycles. The maximum atomic E-state index is 13.6. The summed E-state index contributed by atoms with van der Waals surface area (Å²) in [4.78, 5) is -0.0758. The van der Waals surface area contributed by atoms with Crippen molar-refractivity contribution in [3.63, 3.8) is 0 Å². The molecule has 2 aromatic carbocycles. The molecule has 0 N–H and O–H groups in total. The smallest absolute Gasteiger partial charge is 0.261 e. The van der Waals surface area contributed by atoms with E-state index in [-0.39, 0.29) is 16.4 Å². The summed E-state index contributed by atoms with van der Waals surface area (Å²) >= 11 is 6.37. The minimum atomic E-state index is -3.82. The zero-order valence-corrected chi connectivity index (χ0v) is 14.4. The van der Waals surface area contributed by atoms with Crippen molar-refractivity contribution in [2.45, 2.75) is 4.90 Å². The molecule has 0 bridgehead atoms. The van der Waals surface area contributed by atoms with Crippen molar-refractivity contribution in [2.75, 3.05) is 0 Å². The van der Waals surface area contributed by atoms with Crippen LogP contribution in [-0.4, -0.2) is 8.42 Å². The first-order chi connectivity index (χ1) is 9.27. The molecule has 20 heavy (non-hydrogen) atoms. The van der Waals surface area contributed by atoms with Gasteiger partial charge >= 0.3 is 0 Å². The van der Waals surface area contributed by atoms with Crippen LogP contribution in [0.25, 0.3) is 0 Å². The van der Waals surface area contributed by atoms with Crippen molar-refractivity contribution < 1.29 is 17.5 Å². The molecule has 2 rings (SSSR count). The summed E-state index contributed by atoms with van der Waals surface area (Å²) in [5, 5.41) is 0. The highest BCUT2D eigenvalue weighted by Gasteiger charge is 2.14. The van der Waals surface area contributed by atoms with E-state index in [9.17, 15) is 12.8 Å². The van der Waals surface area contributed by atoms with Crippen molar-refractivity contribution in [1.82, 2.24) is 0 Å². The second kappa shape index (κ2) is 6.01. The van der Waals surface area contributed by atoms with Crippen molar-refractivity contribution in [2.24, 2.45) is 0 Å². The lowest BCUT2D eigenvalue weighted by Gasteiger charge is -2.09. The highest BCUT2D eigenvalue weighted by atomic mass is 79.9. The minimum absolute atomic E-state index is 0.0153. The Labute approximate surface area is 136 Å². The van der Waals surface area contributed by atoms with Gasteiger partial charge in [0.2, 0.25) is 0 Å². The van der Waals surface area contributed by atoms with E-state index in [1.54, 1.807) is 6.07 Å². The maximum Gasteiger partial charge on any atom is 0.261 e. The molecule has 0 aromatic heterocycles. The van der Waals surface area contributed by atoms with Crippen LogP contribution in [0.4, 0.5) is 4.39 Å². The van der Waals surface area contributed by atoms with E-state index in [0.29, 0.717) is 8.95 Å². The third-order valence-corrected chi connectivity index (χ3v) is 4.76. The second-order valence-electron chi connectivity index (χ2n) is 3.71. The van der Waals surface area contributed by atoms with Gasteiger partial charge in [-0.3, -0.25) is 0 Å². The molecular weight excluding hydrogens is 438 g/mol. The predicted octanol–water partition coefficient (Wildman–Crippen LogP) is 5.07. The van der Waals surface area contributed by atoms with Gasteiger partial charge in [0.15, 0.2) is 11.6 Å². The molecule has 0 aliphatic heterocycles. The lowest BCUT2D eigenvalue weighted by atomic mass is 10.3. The Morgan fingerprint density at radius 2 is 1.75 bits per heavy atom. The molecule has 0 aliphatic rings. The topological polar surface area (TPSA) is 43.4 Å². The van der Waals surface area contributed by atoms with Gasteiger partial charge in [-0.15, -0.1) is 0 Å². The summed E-state index contributed by atoms with van der Waals surface area (Å²) in [5.41, 5.74) is 0. The maximum absolute atomic E-state index is 13.6. The zero-order chi connectivity index (χ0) is 14.9. The Morgan fingerprint density at radius 3 is 2.35 bits per heavy atom. The Balaban J connectivity index is 2.38. The highest BCUT2D eigenvalue weighted by molar-refractivity contribution is 9.10. The number of hydrogen-bond acceptors (Lipinski definition) is 3. The quantitative estimate of drug-likeness (QED) is 0.621. The van der Waals surface area contributed by atoms with Gasteiger partial charge < -0.3 is 4.74 Å². The van der Waals surface area contributed by atoms with E-state index >= 15 is 0 Å². The van der Waals surface area contributed by atoms with Crippen LogP contribution in [0, 0.1) is 5.82 Å². The molecule has 0 aliphatic carbocycles. The van der Waals surface area contributed by atoms with Crippen LogP contribution in [-0.2, 0) is 9.05 Å². The predicted molar refractivity (Wildman–Crippen MR) is 81.4 cm³/mol. The molecule has 0 saturated heterocycles. The summed E-state index contributed by atoms with van der Waals surface area (Å²) in [6.07, 6.45) is 0. The lowest BCUT2D eigenvalue weighted by Crippen LogP contribution is -1.93. The average Bonchev–Trinajstić information content (AvgIpc) is 2.35. The van der Waals surface area contributed by atoms with Gasteiger partial charge in [-0.25, -0.2) is 12.8 Å². The van der Waals surface area contributed by atoms with Crippen LogP contribution in [0.5, 0.6) is 11.5 Å². The second-order valence-corrected chi connectivity index (χ2v) is 8.04. The van der Waals surface area contributed by atoms with Gasteiger partial charge in [-0.05, 0) is 52.3 Å². The number of rotatable bonds is 3. The monoisotopic (exact) mass is 442 g/mol. The molecule has 2 aromatic rings. The third kappa shape index (κ3) is 3.72. The fraction of sp³-hybridized carbons (Fsp3) is 0. The van der Waals surface area contributed by atoms with Crippen LogP contribution in [0.15, 0.2) is 50.2 Å². The first-order valence-electron chi connectivity index (χ1n) is 5.14. The molecule has 0 spiro atoms. The van der Waals surface area contributed by atoms with E-state index in [2.05, 4.69) is 31.9 Å². The number of ether oxygens (including phenoxy) is 1. The fourth-order valence-corrected chi connectivity index (χ4v) is 3.12.